The number of rotatable bonds is 5. The van der Waals surface area contributed by atoms with Crippen LogP contribution in [0.1, 0.15) is 24.8 Å². The molecule has 1 unspecified atom stereocenters. The van der Waals surface area contributed by atoms with Crippen molar-refractivity contribution in [2.24, 2.45) is 5.92 Å². The minimum absolute atomic E-state index is 0.0850. The Kier molecular flexibility index (Phi) is 4.09. The minimum Gasteiger partial charge on any atom is -0.352 e. The van der Waals surface area contributed by atoms with Crippen molar-refractivity contribution < 1.29 is 4.79 Å². The summed E-state index contributed by atoms with van der Waals surface area (Å²) >= 11 is 0. The second-order valence-corrected chi connectivity index (χ2v) is 5.18. The molecule has 0 saturated carbocycles. The average Bonchev–Trinajstić information content (AvgIpc) is 3.18. The highest BCUT2D eigenvalue weighted by atomic mass is 16.1. The van der Waals surface area contributed by atoms with Crippen molar-refractivity contribution in [2.75, 3.05) is 0 Å². The first-order valence-corrected chi connectivity index (χ1v) is 7.20. The lowest BCUT2D eigenvalue weighted by Crippen LogP contribution is -2.25. The molecule has 5 heteroatoms. The summed E-state index contributed by atoms with van der Waals surface area (Å²) in [5.74, 6) is 1.23. The van der Waals surface area contributed by atoms with Crippen molar-refractivity contribution in [3.05, 3.63) is 54.5 Å². The Balaban J connectivity index is 1.62. The van der Waals surface area contributed by atoms with Gasteiger partial charge in [0.15, 0.2) is 5.82 Å². The van der Waals surface area contributed by atoms with Gasteiger partial charge >= 0.3 is 0 Å². The fourth-order valence-corrected chi connectivity index (χ4v) is 2.54. The zero-order chi connectivity index (χ0) is 14.5. The molecule has 0 saturated heterocycles. The Bertz CT molecular complexity index is 633. The van der Waals surface area contributed by atoms with Gasteiger partial charge in [0.1, 0.15) is 0 Å². The van der Waals surface area contributed by atoms with Gasteiger partial charge in [0.2, 0.25) is 5.91 Å². The standard InChI is InChI=1S/C16H18N4O/c21-15(11-13-5-1-2-6-13)18-12-14-7-3-8-17-16(14)20-10-4-9-19-20/h1,3-5,7-10,13H,2,6,11-12H2,(H,18,21). The molecule has 0 radical (unpaired) electrons. The zero-order valence-electron chi connectivity index (χ0n) is 11.8. The van der Waals surface area contributed by atoms with Crippen LogP contribution in [0.3, 0.4) is 0 Å². The largest absolute Gasteiger partial charge is 0.352 e. The predicted molar refractivity (Wildman–Crippen MR) is 79.7 cm³/mol. The van der Waals surface area contributed by atoms with E-state index in [9.17, 15) is 4.79 Å². The van der Waals surface area contributed by atoms with E-state index in [-0.39, 0.29) is 5.91 Å². The number of aromatic nitrogens is 3. The second-order valence-electron chi connectivity index (χ2n) is 5.18. The summed E-state index contributed by atoms with van der Waals surface area (Å²) in [4.78, 5) is 16.3. The molecule has 1 N–H and O–H groups in total. The number of nitrogens with one attached hydrogen (secondary N) is 1. The molecule has 108 valence electrons. The lowest BCUT2D eigenvalue weighted by Gasteiger charge is -2.11. The van der Waals surface area contributed by atoms with Crippen LogP contribution in [0, 0.1) is 5.92 Å². The van der Waals surface area contributed by atoms with Crippen LogP contribution in [0.5, 0.6) is 0 Å². The third-order valence-electron chi connectivity index (χ3n) is 3.62. The highest BCUT2D eigenvalue weighted by molar-refractivity contribution is 5.76. The van der Waals surface area contributed by atoms with E-state index in [2.05, 4.69) is 27.6 Å². The molecule has 2 aromatic rings. The summed E-state index contributed by atoms with van der Waals surface area (Å²) < 4.78 is 1.71. The summed E-state index contributed by atoms with van der Waals surface area (Å²) in [6, 6.07) is 5.68. The highest BCUT2D eigenvalue weighted by Crippen LogP contribution is 2.20. The third kappa shape index (κ3) is 3.37. The van der Waals surface area contributed by atoms with Crippen LogP contribution >= 0.6 is 0 Å². The van der Waals surface area contributed by atoms with Gasteiger partial charge in [-0.15, -0.1) is 0 Å². The van der Waals surface area contributed by atoms with Gasteiger partial charge in [-0.3, -0.25) is 4.79 Å². The Morgan fingerprint density at radius 1 is 1.38 bits per heavy atom. The van der Waals surface area contributed by atoms with Crippen LogP contribution in [0.25, 0.3) is 5.82 Å². The molecule has 1 aliphatic carbocycles. The van der Waals surface area contributed by atoms with E-state index >= 15 is 0 Å². The van der Waals surface area contributed by atoms with E-state index in [1.165, 1.54) is 0 Å². The molecular formula is C16H18N4O. The summed E-state index contributed by atoms with van der Waals surface area (Å²) in [5.41, 5.74) is 0.955. The fourth-order valence-electron chi connectivity index (χ4n) is 2.54. The van der Waals surface area contributed by atoms with Crippen molar-refractivity contribution in [3.8, 4) is 5.82 Å². The maximum absolute atomic E-state index is 12.0. The van der Waals surface area contributed by atoms with Gasteiger partial charge in [-0.05, 0) is 30.9 Å². The van der Waals surface area contributed by atoms with E-state index in [0.717, 1.165) is 24.2 Å². The monoisotopic (exact) mass is 282 g/mol. The van der Waals surface area contributed by atoms with Gasteiger partial charge in [-0.1, -0.05) is 18.2 Å². The first kappa shape index (κ1) is 13.5. The Hall–Kier alpha value is -2.43. The van der Waals surface area contributed by atoms with Crippen molar-refractivity contribution in [1.29, 1.82) is 0 Å². The molecule has 0 aromatic carbocycles. The molecule has 2 aromatic heterocycles. The normalized spacial score (nSPS) is 17.0. The van der Waals surface area contributed by atoms with Gasteiger partial charge in [0.25, 0.3) is 0 Å². The summed E-state index contributed by atoms with van der Waals surface area (Å²) in [7, 11) is 0. The number of carbonyl (C=O) groups excluding carboxylic acids is 1. The molecule has 1 atom stereocenters. The van der Waals surface area contributed by atoms with Gasteiger partial charge in [-0.2, -0.15) is 5.10 Å². The number of carbonyl (C=O) groups is 1. The Morgan fingerprint density at radius 3 is 3.10 bits per heavy atom. The SMILES string of the molecule is O=C(CC1C=CCC1)NCc1cccnc1-n1cccn1. The maximum atomic E-state index is 12.0. The van der Waals surface area contributed by atoms with E-state index in [0.29, 0.717) is 18.9 Å². The smallest absolute Gasteiger partial charge is 0.220 e. The van der Waals surface area contributed by atoms with Crippen molar-refractivity contribution in [2.45, 2.75) is 25.8 Å². The number of allylic oxidation sites excluding steroid dienone is 2. The average molecular weight is 282 g/mol. The van der Waals surface area contributed by atoms with Crippen molar-refractivity contribution in [1.82, 2.24) is 20.1 Å². The zero-order valence-corrected chi connectivity index (χ0v) is 11.8. The molecule has 0 bridgehead atoms. The van der Waals surface area contributed by atoms with E-state index in [1.807, 2.05) is 24.4 Å². The second kappa shape index (κ2) is 6.35. The Labute approximate surface area is 123 Å². The lowest BCUT2D eigenvalue weighted by molar-refractivity contribution is -0.121. The van der Waals surface area contributed by atoms with Crippen LogP contribution in [0.4, 0.5) is 0 Å². The number of hydrogen-bond donors (Lipinski definition) is 1. The molecular weight excluding hydrogens is 264 g/mol. The van der Waals surface area contributed by atoms with Crippen molar-refractivity contribution in [3.63, 3.8) is 0 Å². The van der Waals surface area contributed by atoms with Gasteiger partial charge < -0.3 is 5.32 Å². The first-order valence-electron chi connectivity index (χ1n) is 7.20. The molecule has 21 heavy (non-hydrogen) atoms. The van der Waals surface area contributed by atoms with Crippen LogP contribution in [0.15, 0.2) is 48.9 Å². The maximum Gasteiger partial charge on any atom is 0.220 e. The van der Waals surface area contributed by atoms with Crippen LogP contribution in [-0.2, 0) is 11.3 Å². The molecule has 3 rings (SSSR count). The molecule has 1 aliphatic rings. The predicted octanol–water partition coefficient (Wildman–Crippen LogP) is 2.24. The van der Waals surface area contributed by atoms with Crippen LogP contribution in [0.2, 0.25) is 0 Å². The number of amides is 1. The molecule has 0 aliphatic heterocycles. The molecule has 5 nitrogen and oxygen atoms in total. The Morgan fingerprint density at radius 2 is 2.33 bits per heavy atom. The van der Waals surface area contributed by atoms with E-state index in [4.69, 9.17) is 0 Å². The third-order valence-corrected chi connectivity index (χ3v) is 3.62. The fraction of sp³-hybridized carbons (Fsp3) is 0.312. The van der Waals surface area contributed by atoms with Gasteiger partial charge in [-0.25, -0.2) is 9.67 Å². The van der Waals surface area contributed by atoms with E-state index < -0.39 is 0 Å². The molecule has 2 heterocycles. The van der Waals surface area contributed by atoms with Crippen LogP contribution < -0.4 is 5.32 Å². The lowest BCUT2D eigenvalue weighted by atomic mass is 10.1. The molecule has 0 spiro atoms. The van der Waals surface area contributed by atoms with Gasteiger partial charge in [0, 0.05) is 37.1 Å². The number of pyridine rings is 1. The first-order chi connectivity index (χ1) is 10.3. The summed E-state index contributed by atoms with van der Waals surface area (Å²) in [6.45, 7) is 0.471. The highest BCUT2D eigenvalue weighted by Gasteiger charge is 2.14. The quantitative estimate of drug-likeness (QED) is 0.856. The van der Waals surface area contributed by atoms with Crippen molar-refractivity contribution >= 4 is 5.91 Å². The topological polar surface area (TPSA) is 59.8 Å². The summed E-state index contributed by atoms with van der Waals surface area (Å²) in [5, 5.41) is 7.16. The molecule has 1 amide bonds. The summed E-state index contributed by atoms with van der Waals surface area (Å²) in [6.07, 6.45) is 12.3. The van der Waals surface area contributed by atoms with Crippen LogP contribution in [-0.4, -0.2) is 20.7 Å². The minimum atomic E-state index is 0.0850. The number of hydrogen-bond acceptors (Lipinski definition) is 3. The van der Waals surface area contributed by atoms with Gasteiger partial charge in [0.05, 0.1) is 0 Å². The molecule has 0 fully saturated rings. The number of nitrogens with zero attached hydrogens (tertiary/aromatic N) is 3. The van der Waals surface area contributed by atoms with E-state index in [1.54, 1.807) is 17.1 Å².